The van der Waals surface area contributed by atoms with Gasteiger partial charge in [0.25, 0.3) is 0 Å². The molecule has 0 unspecified atom stereocenters. The molecule has 0 aromatic carbocycles. The van der Waals surface area contributed by atoms with Gasteiger partial charge in [-0.2, -0.15) is 18.3 Å². The number of halogens is 3. The van der Waals surface area contributed by atoms with E-state index in [0.717, 1.165) is 50.5 Å². The van der Waals surface area contributed by atoms with Crippen molar-refractivity contribution in [2.45, 2.75) is 63.7 Å². The van der Waals surface area contributed by atoms with Crippen LogP contribution in [0.3, 0.4) is 0 Å². The van der Waals surface area contributed by atoms with Crippen LogP contribution >= 0.6 is 0 Å². The van der Waals surface area contributed by atoms with Crippen molar-refractivity contribution in [3.8, 4) is 11.4 Å². The SMILES string of the molecule is CC(C)n1nc(-c2cccc(C(F)(F)F)n2)cc1[C@H]1[C@@H]2C[C@@H](N3CCC4(CC3)CS(=O)(=O)C4)C[C@@H]21. The summed E-state index contributed by atoms with van der Waals surface area (Å²) in [5.41, 5.74) is 1.00. The number of piperidine rings is 1. The number of fused-ring (bicyclic) bond motifs is 1. The minimum atomic E-state index is -4.48. The molecule has 4 atom stereocenters. The largest absolute Gasteiger partial charge is 0.433 e. The number of likely N-dealkylation sites (tertiary alicyclic amines) is 1. The van der Waals surface area contributed by atoms with Gasteiger partial charge in [-0.15, -0.1) is 0 Å². The number of sulfone groups is 1. The van der Waals surface area contributed by atoms with Crippen LogP contribution in [0.2, 0.25) is 0 Å². The van der Waals surface area contributed by atoms with E-state index in [1.165, 1.54) is 6.07 Å². The Morgan fingerprint density at radius 2 is 1.71 bits per heavy atom. The van der Waals surface area contributed by atoms with Crippen LogP contribution in [0.15, 0.2) is 24.3 Å². The quantitative estimate of drug-likeness (QED) is 0.606. The summed E-state index contributed by atoms with van der Waals surface area (Å²) in [6.45, 7) is 6.06. The van der Waals surface area contributed by atoms with Crippen LogP contribution in [0.5, 0.6) is 0 Å². The highest BCUT2D eigenvalue weighted by Gasteiger charge is 2.59. The summed E-state index contributed by atoms with van der Waals surface area (Å²) in [7, 11) is -2.79. The van der Waals surface area contributed by atoms with E-state index < -0.39 is 21.7 Å². The topological polar surface area (TPSA) is 68.1 Å². The second-order valence-corrected chi connectivity index (χ2v) is 13.5. The molecule has 2 saturated carbocycles. The van der Waals surface area contributed by atoms with Gasteiger partial charge in [-0.3, -0.25) is 4.68 Å². The van der Waals surface area contributed by atoms with Crippen LogP contribution < -0.4 is 0 Å². The summed E-state index contributed by atoms with van der Waals surface area (Å²) < 4.78 is 64.8. The molecule has 6 rings (SSSR count). The lowest BCUT2D eigenvalue weighted by molar-refractivity contribution is -0.141. The maximum Gasteiger partial charge on any atom is 0.433 e. The van der Waals surface area contributed by atoms with Gasteiger partial charge in [-0.25, -0.2) is 13.4 Å². The third kappa shape index (κ3) is 4.10. The Labute approximate surface area is 203 Å². The molecule has 10 heteroatoms. The van der Waals surface area contributed by atoms with E-state index in [1.54, 1.807) is 6.07 Å². The Morgan fingerprint density at radius 1 is 1.06 bits per heavy atom. The first-order valence-corrected chi connectivity index (χ1v) is 14.4. The fourth-order valence-corrected chi connectivity index (χ4v) is 9.38. The molecule has 6 nitrogen and oxygen atoms in total. The number of nitrogens with zero attached hydrogens (tertiary/aromatic N) is 4. The van der Waals surface area contributed by atoms with Gasteiger partial charge in [0.1, 0.15) is 11.4 Å². The summed E-state index contributed by atoms with van der Waals surface area (Å²) in [6.07, 6.45) is -0.269. The molecule has 4 fully saturated rings. The molecule has 2 aliphatic heterocycles. The highest BCUT2D eigenvalue weighted by atomic mass is 32.2. The number of pyridine rings is 1. The lowest BCUT2D eigenvalue weighted by atomic mass is 9.80. The molecule has 35 heavy (non-hydrogen) atoms. The summed E-state index contributed by atoms with van der Waals surface area (Å²) in [4.78, 5) is 6.41. The Bertz CT molecular complexity index is 1220. The van der Waals surface area contributed by atoms with E-state index in [1.807, 2.05) is 24.6 Å². The Balaban J connectivity index is 1.14. The fourth-order valence-electron chi connectivity index (χ4n) is 7.02. The monoisotopic (exact) mass is 508 g/mol. The van der Waals surface area contributed by atoms with Crippen molar-refractivity contribution in [1.29, 1.82) is 0 Å². The molecule has 2 saturated heterocycles. The van der Waals surface area contributed by atoms with Gasteiger partial charge >= 0.3 is 6.18 Å². The van der Waals surface area contributed by atoms with Gasteiger partial charge in [0.15, 0.2) is 9.84 Å². The lowest BCUT2D eigenvalue weighted by Gasteiger charge is -2.48. The van der Waals surface area contributed by atoms with Gasteiger partial charge in [0.2, 0.25) is 0 Å². The number of hydrogen-bond acceptors (Lipinski definition) is 5. The van der Waals surface area contributed by atoms with Crippen LogP contribution in [0, 0.1) is 17.3 Å². The van der Waals surface area contributed by atoms with Crippen LogP contribution in [-0.4, -0.2) is 58.7 Å². The molecule has 0 radical (unpaired) electrons. The minimum absolute atomic E-state index is 0.0387. The smallest absolute Gasteiger partial charge is 0.300 e. The number of alkyl halides is 3. The molecule has 4 heterocycles. The van der Waals surface area contributed by atoms with E-state index in [2.05, 4.69) is 15.0 Å². The molecule has 0 N–H and O–H groups in total. The zero-order valence-corrected chi connectivity index (χ0v) is 20.8. The Morgan fingerprint density at radius 3 is 2.29 bits per heavy atom. The summed E-state index contributed by atoms with van der Waals surface area (Å²) in [5, 5.41) is 4.67. The summed E-state index contributed by atoms with van der Waals surface area (Å²) >= 11 is 0. The average molecular weight is 509 g/mol. The Hall–Kier alpha value is -1.94. The molecular formula is C25H31F3N4O2S. The van der Waals surface area contributed by atoms with Gasteiger partial charge < -0.3 is 4.90 Å². The second kappa shape index (κ2) is 7.78. The van der Waals surface area contributed by atoms with Gasteiger partial charge in [-0.05, 0) is 82.7 Å². The zero-order valence-electron chi connectivity index (χ0n) is 20.0. The second-order valence-electron chi connectivity index (χ2n) is 11.4. The molecule has 4 aliphatic rings. The van der Waals surface area contributed by atoms with Crippen molar-refractivity contribution >= 4 is 9.84 Å². The highest BCUT2D eigenvalue weighted by molar-refractivity contribution is 7.92. The van der Waals surface area contributed by atoms with E-state index in [4.69, 9.17) is 0 Å². The summed E-state index contributed by atoms with van der Waals surface area (Å²) in [5.74, 6) is 2.30. The van der Waals surface area contributed by atoms with Crippen molar-refractivity contribution in [2.24, 2.45) is 17.3 Å². The standard InChI is InChI=1S/C25H31F3N4O2S/c1-15(2)32-21(12-20(30-32)19-4-3-5-22(29-19)25(26,27)28)23-17-10-16(11-18(17)23)31-8-6-24(7-9-31)13-35(33,34)14-24/h3-5,12,15-18,23H,6-11,13-14H2,1-2H3/t16-,17-,18+,23+. The number of aromatic nitrogens is 3. The molecule has 2 aromatic rings. The molecule has 0 amide bonds. The number of rotatable bonds is 4. The third-order valence-corrected chi connectivity index (χ3v) is 10.8. The number of hydrogen-bond donors (Lipinski definition) is 0. The van der Waals surface area contributed by atoms with Crippen molar-refractivity contribution in [3.63, 3.8) is 0 Å². The van der Waals surface area contributed by atoms with E-state index in [9.17, 15) is 21.6 Å². The molecule has 0 bridgehead atoms. The first kappa shape index (κ1) is 23.5. The first-order valence-electron chi connectivity index (χ1n) is 12.5. The maximum absolute atomic E-state index is 13.2. The molecular weight excluding hydrogens is 477 g/mol. The predicted octanol–water partition coefficient (Wildman–Crippen LogP) is 4.55. The molecule has 2 aromatic heterocycles. The van der Waals surface area contributed by atoms with Crippen LogP contribution in [-0.2, 0) is 16.0 Å². The van der Waals surface area contributed by atoms with E-state index in [-0.39, 0.29) is 17.2 Å². The van der Waals surface area contributed by atoms with Crippen molar-refractivity contribution in [1.82, 2.24) is 19.7 Å². The Kier molecular flexibility index (Phi) is 5.21. The maximum atomic E-state index is 13.2. The predicted molar refractivity (Wildman–Crippen MR) is 125 cm³/mol. The van der Waals surface area contributed by atoms with E-state index in [0.29, 0.717) is 41.0 Å². The fraction of sp³-hybridized carbons (Fsp3) is 0.680. The minimum Gasteiger partial charge on any atom is -0.300 e. The van der Waals surface area contributed by atoms with Gasteiger partial charge in [-0.1, -0.05) is 6.07 Å². The molecule has 190 valence electrons. The third-order valence-electron chi connectivity index (χ3n) is 8.74. The normalized spacial score (nSPS) is 31.5. The van der Waals surface area contributed by atoms with Crippen LogP contribution in [0.25, 0.3) is 11.4 Å². The van der Waals surface area contributed by atoms with Crippen molar-refractivity contribution < 1.29 is 21.6 Å². The zero-order chi connectivity index (χ0) is 24.8. The summed E-state index contributed by atoms with van der Waals surface area (Å²) in [6, 6.07) is 6.57. The van der Waals surface area contributed by atoms with Crippen LogP contribution in [0.1, 0.15) is 62.9 Å². The van der Waals surface area contributed by atoms with Crippen molar-refractivity contribution in [3.05, 3.63) is 35.7 Å². The average Bonchev–Trinajstić information content (AvgIpc) is 3.13. The molecule has 2 aliphatic carbocycles. The molecule has 1 spiro atoms. The lowest BCUT2D eigenvalue weighted by Crippen LogP contribution is -2.55. The van der Waals surface area contributed by atoms with Crippen molar-refractivity contribution in [2.75, 3.05) is 24.6 Å². The van der Waals surface area contributed by atoms with Crippen LogP contribution in [0.4, 0.5) is 13.2 Å². The van der Waals surface area contributed by atoms with Gasteiger partial charge in [0, 0.05) is 29.1 Å². The first-order chi connectivity index (χ1) is 16.4. The highest BCUT2D eigenvalue weighted by Crippen LogP contribution is 2.64. The van der Waals surface area contributed by atoms with Gasteiger partial charge in [0.05, 0.1) is 17.2 Å². The van der Waals surface area contributed by atoms with E-state index >= 15 is 0 Å².